The van der Waals surface area contributed by atoms with Crippen molar-refractivity contribution in [3.05, 3.63) is 21.9 Å². The zero-order valence-corrected chi connectivity index (χ0v) is 11.1. The van der Waals surface area contributed by atoms with E-state index in [-0.39, 0.29) is 11.4 Å². The molecule has 1 aliphatic rings. The smallest absolute Gasteiger partial charge is 0.261 e. The normalized spacial score (nSPS) is 18.2. The van der Waals surface area contributed by atoms with Crippen molar-refractivity contribution in [3.8, 4) is 0 Å². The molecule has 0 spiro atoms. The van der Waals surface area contributed by atoms with Gasteiger partial charge in [0.2, 0.25) is 0 Å². The Labute approximate surface area is 106 Å². The molecule has 4 heteroatoms. The lowest BCUT2D eigenvalue weighted by molar-refractivity contribution is 0.0907. The van der Waals surface area contributed by atoms with Gasteiger partial charge in [0.1, 0.15) is 0 Å². The van der Waals surface area contributed by atoms with Gasteiger partial charge in [0.05, 0.1) is 10.4 Å². The SMILES string of the molecule is CCc1ccc(C(=O)NC2(CN)CCCC2)s1. The molecule has 0 aromatic carbocycles. The highest BCUT2D eigenvalue weighted by molar-refractivity contribution is 7.14. The fraction of sp³-hybridized carbons (Fsp3) is 0.615. The lowest BCUT2D eigenvalue weighted by atomic mass is 9.98. The fourth-order valence-corrected chi connectivity index (χ4v) is 3.27. The molecule has 17 heavy (non-hydrogen) atoms. The van der Waals surface area contributed by atoms with E-state index >= 15 is 0 Å². The van der Waals surface area contributed by atoms with Crippen LogP contribution in [0.1, 0.15) is 47.2 Å². The number of nitrogens with two attached hydrogens (primary N) is 1. The van der Waals surface area contributed by atoms with Gasteiger partial charge in [0.25, 0.3) is 5.91 Å². The van der Waals surface area contributed by atoms with Crippen LogP contribution in [0.3, 0.4) is 0 Å². The van der Waals surface area contributed by atoms with Crippen molar-refractivity contribution in [1.82, 2.24) is 5.32 Å². The van der Waals surface area contributed by atoms with E-state index in [0.29, 0.717) is 6.54 Å². The molecule has 3 nitrogen and oxygen atoms in total. The van der Waals surface area contributed by atoms with Crippen LogP contribution in [0.2, 0.25) is 0 Å². The van der Waals surface area contributed by atoms with E-state index in [1.54, 1.807) is 11.3 Å². The minimum Gasteiger partial charge on any atom is -0.345 e. The summed E-state index contributed by atoms with van der Waals surface area (Å²) in [4.78, 5) is 14.2. The Morgan fingerprint density at radius 2 is 2.18 bits per heavy atom. The van der Waals surface area contributed by atoms with Gasteiger partial charge in [0.15, 0.2) is 0 Å². The predicted octanol–water partition coefficient (Wildman–Crippen LogP) is 2.31. The molecule has 3 N–H and O–H groups in total. The fourth-order valence-electron chi connectivity index (χ4n) is 2.42. The summed E-state index contributed by atoms with van der Waals surface area (Å²) in [5, 5.41) is 3.14. The number of thiophene rings is 1. The highest BCUT2D eigenvalue weighted by Crippen LogP contribution is 2.29. The van der Waals surface area contributed by atoms with Crippen LogP contribution in [0.5, 0.6) is 0 Å². The van der Waals surface area contributed by atoms with E-state index in [4.69, 9.17) is 5.73 Å². The summed E-state index contributed by atoms with van der Waals surface area (Å²) >= 11 is 1.58. The second-order valence-electron chi connectivity index (χ2n) is 4.77. The Morgan fingerprint density at radius 1 is 1.47 bits per heavy atom. The summed E-state index contributed by atoms with van der Waals surface area (Å²) in [5.41, 5.74) is 5.67. The van der Waals surface area contributed by atoms with Gasteiger partial charge in [-0.25, -0.2) is 0 Å². The van der Waals surface area contributed by atoms with Crippen molar-refractivity contribution < 1.29 is 4.79 Å². The van der Waals surface area contributed by atoms with Gasteiger partial charge in [-0.1, -0.05) is 19.8 Å². The number of nitrogens with one attached hydrogen (secondary N) is 1. The monoisotopic (exact) mass is 252 g/mol. The first-order valence-corrected chi connectivity index (χ1v) is 7.12. The van der Waals surface area contributed by atoms with Gasteiger partial charge in [0, 0.05) is 11.4 Å². The van der Waals surface area contributed by atoms with E-state index in [2.05, 4.69) is 12.2 Å². The molecule has 0 radical (unpaired) electrons. The molecule has 0 atom stereocenters. The maximum Gasteiger partial charge on any atom is 0.261 e. The Balaban J connectivity index is 2.05. The molecule has 1 aromatic rings. The topological polar surface area (TPSA) is 55.1 Å². The molecule has 1 aromatic heterocycles. The third-order valence-corrected chi connectivity index (χ3v) is 4.79. The Bertz CT molecular complexity index is 394. The number of carbonyl (C=O) groups excluding carboxylic acids is 1. The van der Waals surface area contributed by atoms with E-state index in [1.165, 1.54) is 17.7 Å². The van der Waals surface area contributed by atoms with E-state index in [0.717, 1.165) is 24.1 Å². The summed E-state index contributed by atoms with van der Waals surface area (Å²) in [6, 6.07) is 3.95. The van der Waals surface area contributed by atoms with Crippen LogP contribution in [-0.4, -0.2) is 18.0 Å². The van der Waals surface area contributed by atoms with Gasteiger partial charge >= 0.3 is 0 Å². The highest BCUT2D eigenvalue weighted by atomic mass is 32.1. The largest absolute Gasteiger partial charge is 0.345 e. The Morgan fingerprint density at radius 3 is 2.71 bits per heavy atom. The molecule has 1 aliphatic carbocycles. The van der Waals surface area contributed by atoms with E-state index < -0.39 is 0 Å². The number of carbonyl (C=O) groups is 1. The van der Waals surface area contributed by atoms with E-state index in [1.807, 2.05) is 12.1 Å². The highest BCUT2D eigenvalue weighted by Gasteiger charge is 2.34. The molecule has 0 saturated heterocycles. The lowest BCUT2D eigenvalue weighted by Gasteiger charge is -2.28. The first-order chi connectivity index (χ1) is 8.19. The van der Waals surface area contributed by atoms with Gasteiger partial charge in [-0.05, 0) is 31.4 Å². The molecule has 0 unspecified atom stereocenters. The van der Waals surface area contributed by atoms with Crippen molar-refractivity contribution >= 4 is 17.2 Å². The molecule has 1 heterocycles. The maximum absolute atomic E-state index is 12.1. The van der Waals surface area contributed by atoms with Crippen LogP contribution >= 0.6 is 11.3 Å². The van der Waals surface area contributed by atoms with Crippen LogP contribution in [0, 0.1) is 0 Å². The summed E-state index contributed by atoms with van der Waals surface area (Å²) < 4.78 is 0. The standard InChI is InChI=1S/C13H20N2OS/c1-2-10-5-6-11(17-10)12(16)15-13(9-14)7-3-4-8-13/h5-6H,2-4,7-9,14H2,1H3,(H,15,16). The number of rotatable bonds is 4. The summed E-state index contributed by atoms with van der Waals surface area (Å²) in [7, 11) is 0. The minimum atomic E-state index is -0.145. The first-order valence-electron chi connectivity index (χ1n) is 6.30. The zero-order valence-electron chi connectivity index (χ0n) is 10.3. The third-order valence-electron chi connectivity index (χ3n) is 3.56. The van der Waals surface area contributed by atoms with Crippen molar-refractivity contribution in [2.24, 2.45) is 5.73 Å². The molecule has 0 aliphatic heterocycles. The van der Waals surface area contributed by atoms with E-state index in [9.17, 15) is 4.79 Å². The molecule has 2 rings (SSSR count). The summed E-state index contributed by atoms with van der Waals surface area (Å²) in [6.45, 7) is 2.65. The van der Waals surface area contributed by atoms with Gasteiger partial charge in [-0.3, -0.25) is 4.79 Å². The Hall–Kier alpha value is -0.870. The molecule has 1 saturated carbocycles. The summed E-state index contributed by atoms with van der Waals surface area (Å²) in [5.74, 6) is 0.0436. The van der Waals surface area contributed by atoms with Gasteiger partial charge in [-0.2, -0.15) is 0 Å². The summed E-state index contributed by atoms with van der Waals surface area (Å²) in [6.07, 6.45) is 5.35. The molecule has 0 bridgehead atoms. The second-order valence-corrected chi connectivity index (χ2v) is 5.93. The van der Waals surface area contributed by atoms with Crippen LogP contribution in [0.15, 0.2) is 12.1 Å². The predicted molar refractivity (Wildman–Crippen MR) is 71.4 cm³/mol. The van der Waals surface area contributed by atoms with Crippen LogP contribution in [0.25, 0.3) is 0 Å². The third kappa shape index (κ3) is 2.69. The lowest BCUT2D eigenvalue weighted by Crippen LogP contribution is -2.51. The van der Waals surface area contributed by atoms with Crippen LogP contribution in [0.4, 0.5) is 0 Å². The maximum atomic E-state index is 12.1. The molecular weight excluding hydrogens is 232 g/mol. The van der Waals surface area contributed by atoms with Crippen molar-refractivity contribution in [1.29, 1.82) is 0 Å². The van der Waals surface area contributed by atoms with Crippen molar-refractivity contribution in [2.45, 2.75) is 44.6 Å². The second kappa shape index (κ2) is 5.19. The molecule has 1 fully saturated rings. The molecular formula is C13H20N2OS. The van der Waals surface area contributed by atoms with Crippen molar-refractivity contribution in [2.75, 3.05) is 6.54 Å². The first kappa shape index (κ1) is 12.6. The number of aryl methyl sites for hydroxylation is 1. The zero-order chi connectivity index (χ0) is 12.3. The molecule has 94 valence electrons. The van der Waals surface area contributed by atoms with Crippen LogP contribution < -0.4 is 11.1 Å². The quantitative estimate of drug-likeness (QED) is 0.864. The number of hydrogen-bond donors (Lipinski definition) is 2. The Kier molecular flexibility index (Phi) is 3.84. The van der Waals surface area contributed by atoms with Gasteiger partial charge in [-0.15, -0.1) is 11.3 Å². The average Bonchev–Trinajstić information content (AvgIpc) is 2.97. The van der Waals surface area contributed by atoms with Gasteiger partial charge < -0.3 is 11.1 Å². The van der Waals surface area contributed by atoms with Crippen molar-refractivity contribution in [3.63, 3.8) is 0 Å². The average molecular weight is 252 g/mol. The number of amides is 1. The number of hydrogen-bond acceptors (Lipinski definition) is 3. The van der Waals surface area contributed by atoms with Crippen LogP contribution in [-0.2, 0) is 6.42 Å². The molecule has 1 amide bonds. The minimum absolute atomic E-state index is 0.0436.